The van der Waals surface area contributed by atoms with Gasteiger partial charge in [0.1, 0.15) is 16.5 Å². The van der Waals surface area contributed by atoms with Crippen LogP contribution in [0.2, 0.25) is 10.0 Å². The van der Waals surface area contributed by atoms with E-state index in [4.69, 9.17) is 28.9 Å². The molecule has 22 heavy (non-hydrogen) atoms. The van der Waals surface area contributed by atoms with E-state index in [0.717, 1.165) is 17.7 Å². The van der Waals surface area contributed by atoms with Gasteiger partial charge in [-0.05, 0) is 24.8 Å². The molecule has 120 valence electrons. The first kappa shape index (κ1) is 17.3. The van der Waals surface area contributed by atoms with Crippen molar-refractivity contribution in [3.63, 3.8) is 0 Å². The van der Waals surface area contributed by atoms with Gasteiger partial charge in [-0.2, -0.15) is 18.3 Å². The fourth-order valence-electron chi connectivity index (χ4n) is 2.04. The molecule has 0 fully saturated rings. The maximum absolute atomic E-state index is 12.8. The Labute approximate surface area is 139 Å². The smallest absolute Gasteiger partial charge is 0.383 e. The van der Waals surface area contributed by atoms with Crippen LogP contribution in [0, 0.1) is 0 Å². The Bertz CT molecular complexity index is 690. The van der Waals surface area contributed by atoms with Gasteiger partial charge in [0.25, 0.3) is 0 Å². The molecule has 2 aromatic rings. The average Bonchev–Trinajstić information content (AvgIpc) is 2.73. The first-order chi connectivity index (χ1) is 10.2. The third-order valence-electron chi connectivity index (χ3n) is 3.09. The lowest BCUT2D eigenvalue weighted by atomic mass is 10.2. The first-order valence-electron chi connectivity index (χ1n) is 6.18. The molecule has 1 heterocycles. The fraction of sp³-hybridized carbons (Fsp3) is 0.308. The van der Waals surface area contributed by atoms with E-state index in [1.165, 1.54) is 16.4 Å². The van der Waals surface area contributed by atoms with Crippen molar-refractivity contribution in [2.45, 2.75) is 24.5 Å². The van der Waals surface area contributed by atoms with Crippen molar-refractivity contribution in [1.29, 1.82) is 0 Å². The highest BCUT2D eigenvalue weighted by molar-refractivity contribution is 7.98. The Morgan fingerprint density at radius 2 is 1.82 bits per heavy atom. The maximum Gasteiger partial charge on any atom is 0.416 e. The number of hydrogen-bond acceptors (Lipinski definition) is 3. The second-order valence-electron chi connectivity index (χ2n) is 4.42. The molecule has 0 aliphatic rings. The molecular formula is C13H12Cl2F3N3S. The van der Waals surface area contributed by atoms with E-state index in [1.54, 1.807) is 0 Å². The van der Waals surface area contributed by atoms with E-state index in [-0.39, 0.29) is 15.7 Å². The van der Waals surface area contributed by atoms with Crippen LogP contribution in [0.4, 0.5) is 19.0 Å². The summed E-state index contributed by atoms with van der Waals surface area (Å²) in [6.45, 7) is 1.91. The summed E-state index contributed by atoms with van der Waals surface area (Å²) in [5.41, 5.74) is 6.06. The number of nitrogens with zero attached hydrogens (tertiary/aromatic N) is 2. The maximum atomic E-state index is 12.8. The molecule has 3 nitrogen and oxygen atoms in total. The molecule has 2 rings (SSSR count). The van der Waals surface area contributed by atoms with Gasteiger partial charge in [0.05, 0.1) is 15.6 Å². The molecule has 2 N–H and O–H groups in total. The lowest BCUT2D eigenvalue weighted by Gasteiger charge is -2.13. The van der Waals surface area contributed by atoms with Crippen LogP contribution in [0.15, 0.2) is 17.2 Å². The van der Waals surface area contributed by atoms with Gasteiger partial charge in [0.15, 0.2) is 0 Å². The van der Waals surface area contributed by atoms with Crippen LogP contribution in [-0.2, 0) is 12.6 Å². The largest absolute Gasteiger partial charge is 0.416 e. The van der Waals surface area contributed by atoms with E-state index >= 15 is 0 Å². The van der Waals surface area contributed by atoms with Crippen LogP contribution in [0.5, 0.6) is 0 Å². The summed E-state index contributed by atoms with van der Waals surface area (Å²) in [5.74, 6) is 0.315. The molecule has 1 aromatic heterocycles. The first-order valence-corrected chi connectivity index (χ1v) is 8.16. The van der Waals surface area contributed by atoms with Gasteiger partial charge in [-0.1, -0.05) is 30.1 Å². The summed E-state index contributed by atoms with van der Waals surface area (Å²) < 4.78 is 39.6. The van der Waals surface area contributed by atoms with Gasteiger partial charge >= 0.3 is 6.18 Å². The second-order valence-corrected chi connectivity index (χ2v) is 6.03. The minimum Gasteiger partial charge on any atom is -0.383 e. The van der Waals surface area contributed by atoms with E-state index < -0.39 is 11.7 Å². The predicted molar refractivity (Wildman–Crippen MR) is 84.2 cm³/mol. The molecular weight excluding hydrogens is 358 g/mol. The zero-order valence-corrected chi connectivity index (χ0v) is 14.0. The standard InChI is InChI=1S/C13H12Cl2F3N3S/c1-3-7-11(19)21(20-12(7)22-2)10-8(14)4-6(5-9(10)15)13(16,17)18/h4-5H,3,19H2,1-2H3. The zero-order valence-electron chi connectivity index (χ0n) is 11.6. The SMILES string of the molecule is CCc1c(SC)nn(-c2c(Cl)cc(C(F)(F)F)cc2Cl)c1N. The normalized spacial score (nSPS) is 12.0. The molecule has 0 aliphatic heterocycles. The highest BCUT2D eigenvalue weighted by Gasteiger charge is 2.32. The molecule has 0 atom stereocenters. The van der Waals surface area contributed by atoms with Gasteiger partial charge in [-0.25, -0.2) is 4.68 Å². The number of thioether (sulfide) groups is 1. The Morgan fingerprint density at radius 3 is 2.18 bits per heavy atom. The molecule has 0 saturated heterocycles. The molecule has 0 amide bonds. The summed E-state index contributed by atoms with van der Waals surface area (Å²) in [5, 5.41) is 4.65. The summed E-state index contributed by atoms with van der Waals surface area (Å²) in [6.07, 6.45) is -2.06. The molecule has 0 radical (unpaired) electrons. The average molecular weight is 370 g/mol. The van der Waals surface area contributed by atoms with Crippen molar-refractivity contribution in [1.82, 2.24) is 9.78 Å². The van der Waals surface area contributed by atoms with E-state index in [1.807, 2.05) is 13.2 Å². The molecule has 0 unspecified atom stereocenters. The van der Waals surface area contributed by atoms with Gasteiger partial charge in [-0.3, -0.25) is 0 Å². The van der Waals surface area contributed by atoms with E-state index in [0.29, 0.717) is 17.3 Å². The second kappa shape index (κ2) is 6.22. The summed E-state index contributed by atoms with van der Waals surface area (Å²) in [4.78, 5) is 0. The minimum atomic E-state index is -4.53. The zero-order chi connectivity index (χ0) is 16.7. The molecule has 0 saturated carbocycles. The Balaban J connectivity index is 2.67. The number of nitrogens with two attached hydrogens (primary N) is 1. The van der Waals surface area contributed by atoms with Gasteiger partial charge in [0.2, 0.25) is 0 Å². The van der Waals surface area contributed by atoms with E-state index in [2.05, 4.69) is 5.10 Å². The van der Waals surface area contributed by atoms with Crippen molar-refractivity contribution < 1.29 is 13.2 Å². The van der Waals surface area contributed by atoms with E-state index in [9.17, 15) is 13.2 Å². The van der Waals surface area contributed by atoms with Crippen LogP contribution < -0.4 is 5.73 Å². The lowest BCUT2D eigenvalue weighted by molar-refractivity contribution is -0.137. The molecule has 0 spiro atoms. The van der Waals surface area contributed by atoms with Crippen LogP contribution in [0.3, 0.4) is 0 Å². The number of nitrogen functional groups attached to an aromatic ring is 1. The lowest BCUT2D eigenvalue weighted by Crippen LogP contribution is -2.08. The van der Waals surface area contributed by atoms with Crippen molar-refractivity contribution in [2.75, 3.05) is 12.0 Å². The van der Waals surface area contributed by atoms with Crippen molar-refractivity contribution in [3.8, 4) is 5.69 Å². The van der Waals surface area contributed by atoms with Gasteiger partial charge < -0.3 is 5.73 Å². The topological polar surface area (TPSA) is 43.8 Å². The number of rotatable bonds is 3. The van der Waals surface area contributed by atoms with Gasteiger partial charge in [-0.15, -0.1) is 11.8 Å². The highest BCUT2D eigenvalue weighted by Crippen LogP contribution is 2.39. The third-order valence-corrected chi connectivity index (χ3v) is 4.38. The van der Waals surface area contributed by atoms with Crippen molar-refractivity contribution in [2.24, 2.45) is 0 Å². The number of benzene rings is 1. The van der Waals surface area contributed by atoms with Crippen LogP contribution in [-0.4, -0.2) is 16.0 Å². The predicted octanol–water partition coefficient (Wildman–Crippen LogP) is 5.06. The summed E-state index contributed by atoms with van der Waals surface area (Å²) >= 11 is 13.4. The Hall–Kier alpha value is -1.05. The molecule has 0 aliphatic carbocycles. The summed E-state index contributed by atoms with van der Waals surface area (Å²) in [6, 6.07) is 1.63. The Kier molecular flexibility index (Phi) is 4.89. The van der Waals surface area contributed by atoms with Crippen molar-refractivity contribution >= 4 is 40.8 Å². The third kappa shape index (κ3) is 3.02. The number of hydrogen-bond donors (Lipinski definition) is 1. The highest BCUT2D eigenvalue weighted by atomic mass is 35.5. The number of alkyl halides is 3. The quantitative estimate of drug-likeness (QED) is 0.768. The number of halogens is 5. The van der Waals surface area contributed by atoms with Crippen molar-refractivity contribution in [3.05, 3.63) is 33.3 Å². The molecule has 1 aromatic carbocycles. The fourth-order valence-corrected chi connectivity index (χ4v) is 3.35. The molecule has 0 bridgehead atoms. The number of aromatic nitrogens is 2. The van der Waals surface area contributed by atoms with Crippen LogP contribution in [0.1, 0.15) is 18.1 Å². The number of anilines is 1. The molecule has 9 heteroatoms. The summed E-state index contributed by atoms with van der Waals surface area (Å²) in [7, 11) is 0. The van der Waals surface area contributed by atoms with Crippen LogP contribution in [0.25, 0.3) is 5.69 Å². The Morgan fingerprint density at radius 1 is 1.27 bits per heavy atom. The monoisotopic (exact) mass is 369 g/mol. The van der Waals surface area contributed by atoms with Crippen LogP contribution >= 0.6 is 35.0 Å². The van der Waals surface area contributed by atoms with Gasteiger partial charge in [0, 0.05) is 5.56 Å². The minimum absolute atomic E-state index is 0.142.